The fourth-order valence-corrected chi connectivity index (χ4v) is 8.40. The van der Waals surface area contributed by atoms with E-state index in [1.165, 1.54) is 41.2 Å². The van der Waals surface area contributed by atoms with Gasteiger partial charge in [-0.05, 0) is 0 Å². The number of phosphoric acid groups is 1. The molecule has 2 bridgehead atoms. The van der Waals surface area contributed by atoms with Gasteiger partial charge in [-0.15, -0.1) is 0 Å². The third-order valence-electron chi connectivity index (χ3n) is 7.79. The number of hydrogen-bond donors (Lipinski definition) is 7. The first-order valence-electron chi connectivity index (χ1n) is 13.6. The number of nitrogens with zero attached hydrogens (tertiary/aromatic N) is 6. The number of hydrogen-bond acceptors (Lipinski definition) is 18. The van der Waals surface area contributed by atoms with Crippen molar-refractivity contribution in [2.75, 3.05) is 31.8 Å². The van der Waals surface area contributed by atoms with Crippen molar-refractivity contribution in [3.63, 3.8) is 0 Å². The van der Waals surface area contributed by atoms with Gasteiger partial charge < -0.3 is 0 Å². The molecule has 8 N–H and O–H groups in total. The summed E-state index contributed by atoms with van der Waals surface area (Å²) in [4.78, 5) is 42.0. The van der Waals surface area contributed by atoms with Gasteiger partial charge in [0.25, 0.3) is 0 Å². The molecule has 9 atom stereocenters. The van der Waals surface area contributed by atoms with Gasteiger partial charge in [0.2, 0.25) is 0 Å². The molecule has 24 heteroatoms. The van der Waals surface area contributed by atoms with Crippen molar-refractivity contribution in [3.05, 3.63) is 35.3 Å². The number of aromatic nitrogens is 7. The summed E-state index contributed by atoms with van der Waals surface area (Å²) >= 11 is 4.55. The molecule has 7 heterocycles. The Labute approximate surface area is 263 Å². The molecule has 21 nitrogen and oxygen atoms in total. The van der Waals surface area contributed by atoms with Crippen molar-refractivity contribution in [3.8, 4) is 0 Å². The Morgan fingerprint density at radius 2 is 1.87 bits per heavy atom. The molecule has 3 fully saturated rings. The molecule has 0 saturated carbocycles. The van der Waals surface area contributed by atoms with Crippen LogP contribution in [0.5, 0.6) is 0 Å². The van der Waals surface area contributed by atoms with Gasteiger partial charge in [0.05, 0.1) is 0 Å². The predicted molar refractivity (Wildman–Crippen MR) is 160 cm³/mol. The van der Waals surface area contributed by atoms with Crippen LogP contribution in [0, 0.1) is 0 Å². The minimum atomic E-state index is -4.97. The molecule has 0 spiro atoms. The van der Waals surface area contributed by atoms with Crippen molar-refractivity contribution < 1.29 is 51.8 Å². The molecule has 7 rings (SSSR count). The van der Waals surface area contributed by atoms with Crippen molar-refractivity contribution >= 4 is 61.2 Å². The Morgan fingerprint density at radius 1 is 1.09 bits per heavy atom. The normalized spacial score (nSPS) is 35.8. The number of imidazole rings is 1. The van der Waals surface area contributed by atoms with E-state index in [-0.39, 0.29) is 34.0 Å². The molecule has 0 amide bonds. The van der Waals surface area contributed by atoms with E-state index < -0.39 is 82.8 Å². The number of rotatable bonds is 3. The topological polar surface area (TPSA) is 289 Å². The summed E-state index contributed by atoms with van der Waals surface area (Å²) in [5, 5.41) is 22.7. The second kappa shape index (κ2) is 11.7. The molecule has 0 aromatic carbocycles. The molecule has 0 aliphatic carbocycles. The number of H-pyrrole nitrogens is 1. The van der Waals surface area contributed by atoms with Gasteiger partial charge in [0.15, 0.2) is 0 Å². The van der Waals surface area contributed by atoms with Crippen LogP contribution in [-0.2, 0) is 36.7 Å². The predicted octanol–water partition coefficient (Wildman–Crippen LogP) is -0.851. The van der Waals surface area contributed by atoms with Crippen LogP contribution in [0.2, 0.25) is 0 Å². The zero-order valence-corrected chi connectivity index (χ0v) is 26.4. The van der Waals surface area contributed by atoms with Crippen LogP contribution in [0.3, 0.4) is 0 Å². The van der Waals surface area contributed by atoms with Crippen LogP contribution in [0.25, 0.3) is 22.2 Å². The van der Waals surface area contributed by atoms with E-state index in [4.69, 9.17) is 43.6 Å². The second-order valence-corrected chi connectivity index (χ2v) is 15.6. The van der Waals surface area contributed by atoms with Gasteiger partial charge in [-0.3, -0.25) is 0 Å². The fraction of sp³-hybridized carbons (Fsp3) is 0.500. The van der Waals surface area contributed by atoms with Gasteiger partial charge in [0.1, 0.15) is 0 Å². The number of aliphatic hydroxyl groups is 2. The van der Waals surface area contributed by atoms with Crippen LogP contribution < -0.4 is 17.0 Å². The van der Waals surface area contributed by atoms with E-state index >= 15 is 0 Å². The van der Waals surface area contributed by atoms with Crippen molar-refractivity contribution in [1.29, 1.82) is 0 Å². The fourth-order valence-electron chi connectivity index (χ4n) is 5.59. The van der Waals surface area contributed by atoms with Crippen molar-refractivity contribution in [2.24, 2.45) is 0 Å². The van der Waals surface area contributed by atoms with Crippen molar-refractivity contribution in [2.45, 2.75) is 49.1 Å². The van der Waals surface area contributed by atoms with Crippen LogP contribution in [-0.4, -0.2) is 106 Å². The van der Waals surface area contributed by atoms with Crippen LogP contribution in [0.15, 0.2) is 29.7 Å². The molecule has 3 saturated heterocycles. The molecule has 9 unspecified atom stereocenters. The van der Waals surface area contributed by atoms with E-state index in [0.29, 0.717) is 0 Å². The maximum absolute atomic E-state index is 13.2. The first kappa shape index (κ1) is 31.8. The Balaban J connectivity index is 1.22. The average molecular weight is 706 g/mol. The second-order valence-electron chi connectivity index (χ2n) is 10.6. The van der Waals surface area contributed by atoms with Gasteiger partial charge in [-0.1, -0.05) is 0 Å². The third kappa shape index (κ3) is 5.48. The molecular weight excluding hydrogens is 676 g/mol. The first-order chi connectivity index (χ1) is 21.9. The van der Waals surface area contributed by atoms with Gasteiger partial charge in [-0.25, -0.2) is 0 Å². The molecule has 3 aliphatic rings. The molecule has 4 aromatic rings. The summed E-state index contributed by atoms with van der Waals surface area (Å²) in [7, 11) is -7.72. The van der Waals surface area contributed by atoms with E-state index in [1.807, 2.05) is 0 Å². The van der Waals surface area contributed by atoms with E-state index in [1.54, 1.807) is 0 Å². The van der Waals surface area contributed by atoms with Crippen LogP contribution in [0.4, 0.5) is 11.8 Å². The minimum absolute atomic E-state index is 0.0889. The molecule has 0 radical (unpaired) electrons. The monoisotopic (exact) mass is 705 g/mol. The zero-order chi connectivity index (χ0) is 32.5. The summed E-state index contributed by atoms with van der Waals surface area (Å²) in [5.74, 6) is -0.0794. The zero-order valence-electron chi connectivity index (χ0n) is 23.6. The number of aromatic amines is 1. The van der Waals surface area contributed by atoms with Gasteiger partial charge in [-0.2, -0.15) is 0 Å². The molecular formula is C22H29N9O12P2S. The number of phosphoric ester groups is 1. The van der Waals surface area contributed by atoms with Crippen molar-refractivity contribution in [1.82, 2.24) is 34.1 Å². The molecule has 250 valence electrons. The van der Waals surface area contributed by atoms with Gasteiger partial charge in [0, 0.05) is 0 Å². The van der Waals surface area contributed by atoms with E-state index in [0.717, 1.165) is 0 Å². The third-order valence-corrected chi connectivity index (χ3v) is 11.6. The molecule has 46 heavy (non-hydrogen) atoms. The maximum atomic E-state index is 13.2. The Kier molecular flexibility index (Phi) is 8.08. The summed E-state index contributed by atoms with van der Waals surface area (Å²) in [5.41, 5.74) is 11.7. The number of thiol groups is 1. The van der Waals surface area contributed by atoms with Crippen LogP contribution >= 0.6 is 27.2 Å². The van der Waals surface area contributed by atoms with E-state index in [9.17, 15) is 24.5 Å². The number of fused-ring (bicyclic) bond motifs is 5. The molecule has 3 aliphatic heterocycles. The molecule has 4 aromatic heterocycles. The SMILES string of the molecule is CO[PH]1(S)OCC2OC(n3cnc4c(N)ncnc43)C(O)C2OP(=O)(O)OCC2OC(n3ccc4c(=O)[nH]c(N)nc43)C(O1)C2O. The average Bonchev–Trinajstić information content (AvgIpc) is 3.77. The Morgan fingerprint density at radius 3 is 2.65 bits per heavy atom. The van der Waals surface area contributed by atoms with E-state index in [2.05, 4.69) is 37.2 Å². The standard InChI is InChI=1S/C22H29N9O12P2S/c1-37-45(46)39-5-10-14(13(33)20(41-10)31-7-27-11-16(23)25-6-26-18(11)31)42-44(35,36)38-4-9-12(32)15(43-45)21(40-9)30-3-2-8-17(30)28-22(24)29-19(8)34/h2-3,6-7,9-10,12-15,20-21,32-33,45-46H,4-5H2,1H3,(H,35,36)(H2,23,25,26)(H3,24,28,29,34). The number of anilines is 2. The summed E-state index contributed by atoms with van der Waals surface area (Å²) in [6.07, 6.45) is -6.83. The quantitative estimate of drug-likeness (QED) is 0.101. The summed E-state index contributed by atoms with van der Waals surface area (Å²) in [6, 6.07) is 1.46. The Bertz CT molecular complexity index is 1900. The summed E-state index contributed by atoms with van der Waals surface area (Å²) < 4.78 is 56.4. The number of ether oxygens (including phenoxy) is 2. The number of nitrogens with one attached hydrogen (secondary N) is 1. The number of aliphatic hydroxyl groups excluding tert-OH is 2. The Hall–Kier alpha value is -2.82. The van der Waals surface area contributed by atoms with Crippen LogP contribution in [0.1, 0.15) is 12.5 Å². The first-order valence-corrected chi connectivity index (χ1v) is 18.1. The summed E-state index contributed by atoms with van der Waals surface area (Å²) in [6.45, 7) is -1.11. The number of nitrogens with two attached hydrogens (primary N) is 2. The number of nitrogen functional groups attached to an aromatic ring is 2. The van der Waals surface area contributed by atoms with Gasteiger partial charge >= 0.3 is 263 Å².